The van der Waals surface area contributed by atoms with Crippen molar-refractivity contribution in [2.75, 3.05) is 25.1 Å². The van der Waals surface area contributed by atoms with Crippen LogP contribution in [0.25, 0.3) is 11.1 Å². The molecule has 31 heavy (non-hydrogen) atoms. The molecule has 0 unspecified atom stereocenters. The Morgan fingerprint density at radius 2 is 1.55 bits per heavy atom. The van der Waals surface area contributed by atoms with Crippen LogP contribution in [0.1, 0.15) is 21.5 Å². The molecule has 0 spiro atoms. The fourth-order valence-electron chi connectivity index (χ4n) is 3.29. The molecule has 0 atom stereocenters. The summed E-state index contributed by atoms with van der Waals surface area (Å²) in [6.45, 7) is 1.27. The molecule has 3 aromatic carbocycles. The van der Waals surface area contributed by atoms with Crippen LogP contribution < -0.4 is 10.0 Å². The molecule has 0 aromatic heterocycles. The van der Waals surface area contributed by atoms with Gasteiger partial charge in [0.05, 0.1) is 6.26 Å². The standard InChI is InChI=1S/C24H27N3O3S/c1-27(2)17-18-8-10-19(11-9-18)23-7-5-4-6-21(23)16-25-24(28)20-12-14-22(15-13-20)26-31(3,29)30/h4-15,26H,16-17H2,1-3H3,(H,25,28). The predicted octanol–water partition coefficient (Wildman–Crippen LogP) is 3.72. The van der Waals surface area contributed by atoms with E-state index in [-0.39, 0.29) is 5.91 Å². The lowest BCUT2D eigenvalue weighted by atomic mass is 9.98. The van der Waals surface area contributed by atoms with E-state index >= 15 is 0 Å². The Kier molecular flexibility index (Phi) is 7.09. The molecule has 0 heterocycles. The van der Waals surface area contributed by atoms with Crippen LogP contribution in [0.2, 0.25) is 0 Å². The van der Waals surface area contributed by atoms with E-state index in [1.54, 1.807) is 24.3 Å². The van der Waals surface area contributed by atoms with Crippen molar-refractivity contribution in [3.8, 4) is 11.1 Å². The third-order valence-electron chi connectivity index (χ3n) is 4.67. The number of carbonyl (C=O) groups is 1. The molecule has 0 bridgehead atoms. The molecule has 7 heteroatoms. The van der Waals surface area contributed by atoms with Gasteiger partial charge < -0.3 is 10.2 Å². The summed E-state index contributed by atoms with van der Waals surface area (Å²) in [6.07, 6.45) is 1.08. The van der Waals surface area contributed by atoms with Crippen LogP contribution in [0.4, 0.5) is 5.69 Å². The average Bonchev–Trinajstić information content (AvgIpc) is 2.72. The van der Waals surface area contributed by atoms with Gasteiger partial charge in [0.2, 0.25) is 10.0 Å². The van der Waals surface area contributed by atoms with Crippen LogP contribution in [0.5, 0.6) is 0 Å². The van der Waals surface area contributed by atoms with E-state index in [9.17, 15) is 13.2 Å². The van der Waals surface area contributed by atoms with Gasteiger partial charge in [0.1, 0.15) is 0 Å². The molecular weight excluding hydrogens is 410 g/mol. The van der Waals surface area contributed by atoms with Crippen molar-refractivity contribution < 1.29 is 13.2 Å². The van der Waals surface area contributed by atoms with Crippen molar-refractivity contribution in [1.29, 1.82) is 0 Å². The summed E-state index contributed by atoms with van der Waals surface area (Å²) < 4.78 is 25.0. The van der Waals surface area contributed by atoms with Gasteiger partial charge in [-0.15, -0.1) is 0 Å². The summed E-state index contributed by atoms with van der Waals surface area (Å²) in [5.74, 6) is -0.220. The van der Waals surface area contributed by atoms with Gasteiger partial charge in [0.25, 0.3) is 5.91 Å². The van der Waals surface area contributed by atoms with Gasteiger partial charge in [-0.05, 0) is 60.6 Å². The average molecular weight is 438 g/mol. The van der Waals surface area contributed by atoms with Gasteiger partial charge in [-0.1, -0.05) is 48.5 Å². The summed E-state index contributed by atoms with van der Waals surface area (Å²) in [5.41, 5.74) is 5.32. The molecule has 3 aromatic rings. The second-order valence-electron chi connectivity index (χ2n) is 7.73. The van der Waals surface area contributed by atoms with Gasteiger partial charge in [-0.2, -0.15) is 0 Å². The first-order chi connectivity index (χ1) is 14.7. The Hall–Kier alpha value is -3.16. The van der Waals surface area contributed by atoms with E-state index in [4.69, 9.17) is 0 Å². The lowest BCUT2D eigenvalue weighted by Gasteiger charge is -2.13. The van der Waals surface area contributed by atoms with Crippen LogP contribution in [0, 0.1) is 0 Å². The molecule has 0 radical (unpaired) electrons. The zero-order valence-corrected chi connectivity index (χ0v) is 18.7. The number of hydrogen-bond acceptors (Lipinski definition) is 4. The molecule has 0 aliphatic rings. The van der Waals surface area contributed by atoms with Crippen molar-refractivity contribution >= 4 is 21.6 Å². The number of nitrogens with one attached hydrogen (secondary N) is 2. The Bertz CT molecular complexity index is 1140. The highest BCUT2D eigenvalue weighted by Gasteiger charge is 2.10. The summed E-state index contributed by atoms with van der Waals surface area (Å²) in [4.78, 5) is 14.7. The number of benzene rings is 3. The van der Waals surface area contributed by atoms with Crippen LogP contribution in [0.15, 0.2) is 72.8 Å². The van der Waals surface area contributed by atoms with E-state index in [0.717, 1.165) is 29.5 Å². The smallest absolute Gasteiger partial charge is 0.251 e. The largest absolute Gasteiger partial charge is 0.348 e. The molecule has 0 saturated carbocycles. The van der Waals surface area contributed by atoms with Crippen molar-refractivity contribution in [2.45, 2.75) is 13.1 Å². The Morgan fingerprint density at radius 1 is 0.903 bits per heavy atom. The Balaban J connectivity index is 1.69. The van der Waals surface area contributed by atoms with E-state index in [2.05, 4.69) is 39.2 Å². The van der Waals surface area contributed by atoms with Gasteiger partial charge in [-0.3, -0.25) is 9.52 Å². The first-order valence-electron chi connectivity index (χ1n) is 9.89. The molecule has 6 nitrogen and oxygen atoms in total. The van der Waals surface area contributed by atoms with E-state index in [1.165, 1.54) is 5.56 Å². The van der Waals surface area contributed by atoms with Gasteiger partial charge in [0, 0.05) is 24.3 Å². The predicted molar refractivity (Wildman–Crippen MR) is 125 cm³/mol. The second kappa shape index (κ2) is 9.76. The fourth-order valence-corrected chi connectivity index (χ4v) is 3.86. The topological polar surface area (TPSA) is 78.5 Å². The zero-order valence-electron chi connectivity index (χ0n) is 17.9. The summed E-state index contributed by atoms with van der Waals surface area (Å²) in [7, 11) is 0.737. The van der Waals surface area contributed by atoms with E-state index in [0.29, 0.717) is 17.8 Å². The molecule has 0 aliphatic carbocycles. The Morgan fingerprint density at radius 3 is 2.16 bits per heavy atom. The minimum atomic E-state index is -3.35. The third kappa shape index (κ3) is 6.67. The zero-order chi connectivity index (χ0) is 22.4. The molecule has 0 saturated heterocycles. The number of carbonyl (C=O) groups excluding carboxylic acids is 1. The maximum absolute atomic E-state index is 12.6. The number of hydrogen-bond donors (Lipinski definition) is 2. The van der Waals surface area contributed by atoms with Gasteiger partial charge in [0.15, 0.2) is 0 Å². The highest BCUT2D eigenvalue weighted by molar-refractivity contribution is 7.92. The normalized spacial score (nSPS) is 11.4. The summed E-state index contributed by atoms with van der Waals surface area (Å²) in [6, 6.07) is 22.8. The SMILES string of the molecule is CN(C)Cc1ccc(-c2ccccc2CNC(=O)c2ccc(NS(C)(=O)=O)cc2)cc1. The number of amides is 1. The van der Waals surface area contributed by atoms with Gasteiger partial charge in [-0.25, -0.2) is 8.42 Å². The number of rotatable bonds is 8. The highest BCUT2D eigenvalue weighted by atomic mass is 32.2. The maximum Gasteiger partial charge on any atom is 0.251 e. The number of anilines is 1. The maximum atomic E-state index is 12.6. The van der Waals surface area contributed by atoms with E-state index in [1.807, 2.05) is 38.4 Å². The van der Waals surface area contributed by atoms with Crippen LogP contribution >= 0.6 is 0 Å². The van der Waals surface area contributed by atoms with Crippen molar-refractivity contribution in [2.24, 2.45) is 0 Å². The summed E-state index contributed by atoms with van der Waals surface area (Å²) in [5, 5.41) is 2.95. The molecule has 3 rings (SSSR count). The van der Waals surface area contributed by atoms with Gasteiger partial charge >= 0.3 is 0 Å². The quantitative estimate of drug-likeness (QED) is 0.563. The molecule has 2 N–H and O–H groups in total. The number of nitrogens with zero attached hydrogens (tertiary/aromatic N) is 1. The minimum absolute atomic E-state index is 0.220. The van der Waals surface area contributed by atoms with Crippen LogP contribution in [0.3, 0.4) is 0 Å². The first kappa shape index (κ1) is 22.5. The third-order valence-corrected chi connectivity index (χ3v) is 5.28. The fraction of sp³-hybridized carbons (Fsp3) is 0.208. The molecule has 0 fully saturated rings. The monoisotopic (exact) mass is 437 g/mol. The molecular formula is C24H27N3O3S. The van der Waals surface area contributed by atoms with Crippen molar-refractivity contribution in [1.82, 2.24) is 10.2 Å². The molecule has 1 amide bonds. The molecule has 0 aliphatic heterocycles. The minimum Gasteiger partial charge on any atom is -0.348 e. The lowest BCUT2D eigenvalue weighted by molar-refractivity contribution is 0.0951. The highest BCUT2D eigenvalue weighted by Crippen LogP contribution is 2.24. The van der Waals surface area contributed by atoms with Crippen LogP contribution in [-0.2, 0) is 23.1 Å². The van der Waals surface area contributed by atoms with Crippen molar-refractivity contribution in [3.63, 3.8) is 0 Å². The number of sulfonamides is 1. The first-order valence-corrected chi connectivity index (χ1v) is 11.8. The van der Waals surface area contributed by atoms with Crippen molar-refractivity contribution in [3.05, 3.63) is 89.5 Å². The molecule has 162 valence electrons. The Labute approximate surface area is 184 Å². The summed E-state index contributed by atoms with van der Waals surface area (Å²) >= 11 is 0. The second-order valence-corrected chi connectivity index (χ2v) is 9.47. The lowest BCUT2D eigenvalue weighted by Crippen LogP contribution is -2.23. The van der Waals surface area contributed by atoms with E-state index < -0.39 is 10.0 Å². The van der Waals surface area contributed by atoms with Crippen LogP contribution in [-0.4, -0.2) is 39.6 Å².